The minimum atomic E-state index is -0.737. The van der Waals surface area contributed by atoms with Crippen LogP contribution >= 0.6 is 0 Å². The second kappa shape index (κ2) is 6.93. The second-order valence-electron chi connectivity index (χ2n) is 6.00. The number of halogens is 1. The number of carbonyl (C=O) groups excluding carboxylic acids is 2. The highest BCUT2D eigenvalue weighted by Gasteiger charge is 2.39. The summed E-state index contributed by atoms with van der Waals surface area (Å²) in [5, 5.41) is 0. The molecule has 5 nitrogen and oxygen atoms in total. The smallest absolute Gasteiger partial charge is 0.340 e. The number of carbonyl (C=O) groups is 2. The van der Waals surface area contributed by atoms with Gasteiger partial charge in [0, 0.05) is 18.2 Å². The number of nitrogens with two attached hydrogens (primary N) is 1. The Hall–Kier alpha value is -2.89. The number of anilines is 1. The van der Waals surface area contributed by atoms with Crippen LogP contribution in [0.15, 0.2) is 48.5 Å². The predicted octanol–water partition coefficient (Wildman–Crippen LogP) is 2.46. The molecule has 0 unspecified atom stereocenters. The summed E-state index contributed by atoms with van der Waals surface area (Å²) in [7, 11) is 1.20. The zero-order valence-electron chi connectivity index (χ0n) is 13.8. The molecule has 3 rings (SSSR count). The van der Waals surface area contributed by atoms with Crippen LogP contribution in [-0.2, 0) is 9.53 Å². The van der Waals surface area contributed by atoms with Crippen LogP contribution in [0.5, 0.6) is 0 Å². The number of rotatable bonds is 4. The van der Waals surface area contributed by atoms with E-state index in [1.165, 1.54) is 19.2 Å². The maximum absolute atomic E-state index is 14.2. The Morgan fingerprint density at radius 2 is 1.92 bits per heavy atom. The van der Waals surface area contributed by atoms with Gasteiger partial charge in [-0.2, -0.15) is 0 Å². The summed E-state index contributed by atoms with van der Waals surface area (Å²) in [6, 6.07) is 13.3. The molecule has 0 radical (unpaired) electrons. The highest BCUT2D eigenvalue weighted by atomic mass is 19.1. The Morgan fingerprint density at radius 3 is 2.52 bits per heavy atom. The summed E-state index contributed by atoms with van der Waals surface area (Å²) < 4.78 is 18.8. The zero-order valence-corrected chi connectivity index (χ0v) is 13.8. The van der Waals surface area contributed by atoms with Crippen molar-refractivity contribution in [1.29, 1.82) is 0 Å². The van der Waals surface area contributed by atoms with Crippen LogP contribution in [0.2, 0.25) is 0 Å². The van der Waals surface area contributed by atoms with E-state index in [1.54, 1.807) is 11.0 Å². The predicted molar refractivity (Wildman–Crippen MR) is 91.9 cm³/mol. The van der Waals surface area contributed by atoms with E-state index in [1.807, 2.05) is 30.3 Å². The Labute approximate surface area is 145 Å². The molecule has 0 aromatic heterocycles. The fourth-order valence-electron chi connectivity index (χ4n) is 3.44. The van der Waals surface area contributed by atoms with Crippen LogP contribution in [0.1, 0.15) is 28.3 Å². The maximum Gasteiger partial charge on any atom is 0.340 e. The second-order valence-corrected chi connectivity index (χ2v) is 6.00. The highest BCUT2D eigenvalue weighted by molar-refractivity contribution is 5.90. The normalized spacial score (nSPS) is 19.7. The molecule has 6 heteroatoms. The molecule has 0 bridgehead atoms. The standard InChI is InChI=1S/C19H19FN2O3/c1-25-19(24)15-8-7-13(11-16(15)20)22-10-9-14(17(22)18(21)23)12-5-3-2-4-6-12/h2-8,11,14,17H,9-10H2,1H3,(H2,21,23)/t14-,17-/m0/s1. The molecule has 2 aromatic rings. The first kappa shape index (κ1) is 17.0. The zero-order chi connectivity index (χ0) is 18.0. The van der Waals surface area contributed by atoms with Crippen molar-refractivity contribution in [3.8, 4) is 0 Å². The van der Waals surface area contributed by atoms with Crippen molar-refractivity contribution < 1.29 is 18.7 Å². The Bertz CT molecular complexity index is 795. The summed E-state index contributed by atoms with van der Waals surface area (Å²) in [4.78, 5) is 25.4. The largest absolute Gasteiger partial charge is 0.465 e. The van der Waals surface area contributed by atoms with E-state index in [0.29, 0.717) is 12.2 Å². The van der Waals surface area contributed by atoms with Gasteiger partial charge in [-0.3, -0.25) is 4.79 Å². The highest BCUT2D eigenvalue weighted by Crippen LogP contribution is 2.37. The first-order valence-electron chi connectivity index (χ1n) is 8.01. The van der Waals surface area contributed by atoms with Gasteiger partial charge in [0.2, 0.25) is 5.91 Å². The van der Waals surface area contributed by atoms with Gasteiger partial charge in [-0.15, -0.1) is 0 Å². The molecule has 0 saturated carbocycles. The number of hydrogen-bond donors (Lipinski definition) is 1. The molecule has 25 heavy (non-hydrogen) atoms. The van der Waals surface area contributed by atoms with Crippen LogP contribution in [0.25, 0.3) is 0 Å². The molecule has 2 atom stereocenters. The third-order valence-electron chi connectivity index (χ3n) is 4.61. The molecule has 1 amide bonds. The number of methoxy groups -OCH3 is 1. The average molecular weight is 342 g/mol. The van der Waals surface area contributed by atoms with E-state index in [9.17, 15) is 14.0 Å². The third-order valence-corrected chi connectivity index (χ3v) is 4.61. The number of amides is 1. The van der Waals surface area contributed by atoms with E-state index in [4.69, 9.17) is 5.73 Å². The molecule has 1 aliphatic rings. The number of nitrogens with zero attached hydrogens (tertiary/aromatic N) is 1. The van der Waals surface area contributed by atoms with Gasteiger partial charge in [-0.05, 0) is 30.2 Å². The topological polar surface area (TPSA) is 72.6 Å². The van der Waals surface area contributed by atoms with Gasteiger partial charge in [0.25, 0.3) is 0 Å². The molecular weight excluding hydrogens is 323 g/mol. The van der Waals surface area contributed by atoms with Crippen LogP contribution in [0.4, 0.5) is 10.1 Å². The van der Waals surface area contributed by atoms with Crippen LogP contribution in [0.3, 0.4) is 0 Å². The van der Waals surface area contributed by atoms with Gasteiger partial charge in [-0.25, -0.2) is 9.18 Å². The minimum Gasteiger partial charge on any atom is -0.465 e. The quantitative estimate of drug-likeness (QED) is 0.867. The molecular formula is C19H19FN2O3. The SMILES string of the molecule is COC(=O)c1ccc(N2CC[C@@H](c3ccccc3)[C@H]2C(N)=O)cc1F. The molecule has 0 aliphatic carbocycles. The van der Waals surface area contributed by atoms with Crippen LogP contribution < -0.4 is 10.6 Å². The number of hydrogen-bond acceptors (Lipinski definition) is 4. The lowest BCUT2D eigenvalue weighted by molar-refractivity contribution is -0.119. The minimum absolute atomic E-state index is 0.0537. The number of benzene rings is 2. The van der Waals surface area contributed by atoms with Gasteiger partial charge in [0.15, 0.2) is 0 Å². The first-order chi connectivity index (χ1) is 12.0. The molecule has 2 aromatic carbocycles. The number of ether oxygens (including phenoxy) is 1. The number of esters is 1. The summed E-state index contributed by atoms with van der Waals surface area (Å²) in [5.74, 6) is -1.93. The van der Waals surface area contributed by atoms with Gasteiger partial charge in [0.05, 0.1) is 12.7 Å². The lowest BCUT2D eigenvalue weighted by Gasteiger charge is -2.28. The van der Waals surface area contributed by atoms with Crippen molar-refractivity contribution in [3.63, 3.8) is 0 Å². The van der Waals surface area contributed by atoms with Gasteiger partial charge in [-0.1, -0.05) is 30.3 Å². The van der Waals surface area contributed by atoms with Crippen molar-refractivity contribution in [2.75, 3.05) is 18.6 Å². The van der Waals surface area contributed by atoms with E-state index in [-0.39, 0.29) is 11.5 Å². The van der Waals surface area contributed by atoms with Crippen molar-refractivity contribution in [1.82, 2.24) is 0 Å². The van der Waals surface area contributed by atoms with E-state index < -0.39 is 23.7 Å². The van der Waals surface area contributed by atoms with Crippen molar-refractivity contribution in [2.45, 2.75) is 18.4 Å². The van der Waals surface area contributed by atoms with Gasteiger partial charge < -0.3 is 15.4 Å². The van der Waals surface area contributed by atoms with Crippen molar-refractivity contribution in [3.05, 3.63) is 65.5 Å². The van der Waals surface area contributed by atoms with Crippen LogP contribution in [0, 0.1) is 5.82 Å². The lowest BCUT2D eigenvalue weighted by Crippen LogP contribution is -2.43. The summed E-state index contributed by atoms with van der Waals surface area (Å²) in [5.41, 5.74) is 7.05. The fraction of sp³-hybridized carbons (Fsp3) is 0.263. The number of primary amides is 1. The van der Waals surface area contributed by atoms with Crippen molar-refractivity contribution in [2.24, 2.45) is 5.73 Å². The molecule has 1 fully saturated rings. The molecule has 0 spiro atoms. The fourth-order valence-corrected chi connectivity index (χ4v) is 3.44. The first-order valence-corrected chi connectivity index (χ1v) is 8.01. The van der Waals surface area contributed by atoms with E-state index >= 15 is 0 Å². The van der Waals surface area contributed by atoms with E-state index in [2.05, 4.69) is 4.74 Å². The molecule has 130 valence electrons. The molecule has 1 heterocycles. The Balaban J connectivity index is 1.93. The monoisotopic (exact) mass is 342 g/mol. The van der Waals surface area contributed by atoms with Crippen LogP contribution in [-0.4, -0.2) is 31.6 Å². The van der Waals surface area contributed by atoms with Crippen molar-refractivity contribution >= 4 is 17.6 Å². The van der Waals surface area contributed by atoms with E-state index in [0.717, 1.165) is 12.0 Å². The molecule has 1 saturated heterocycles. The summed E-state index contributed by atoms with van der Waals surface area (Å²) in [6.45, 7) is 0.574. The van der Waals surface area contributed by atoms with Gasteiger partial charge >= 0.3 is 5.97 Å². The summed E-state index contributed by atoms with van der Waals surface area (Å²) >= 11 is 0. The molecule has 2 N–H and O–H groups in total. The average Bonchev–Trinajstić information content (AvgIpc) is 3.07. The maximum atomic E-state index is 14.2. The molecule has 1 aliphatic heterocycles. The van der Waals surface area contributed by atoms with Gasteiger partial charge in [0.1, 0.15) is 11.9 Å². The Morgan fingerprint density at radius 1 is 1.20 bits per heavy atom. The Kier molecular flexibility index (Phi) is 4.70. The third kappa shape index (κ3) is 3.20. The lowest BCUT2D eigenvalue weighted by atomic mass is 9.91. The summed E-state index contributed by atoms with van der Waals surface area (Å²) in [6.07, 6.45) is 0.734.